The average molecular weight is 957 g/mol. The normalized spacial score (nSPS) is 34.1. The monoisotopic (exact) mass is 956 g/mol. The number of esters is 3. The van der Waals surface area contributed by atoms with Crippen molar-refractivity contribution in [1.82, 2.24) is 0 Å². The Morgan fingerprint density at radius 1 is 0.612 bits per heavy atom. The van der Waals surface area contributed by atoms with Gasteiger partial charge in [0.1, 0.15) is 93.1 Å². The van der Waals surface area contributed by atoms with Crippen molar-refractivity contribution < 1.29 is 97.9 Å². The summed E-state index contributed by atoms with van der Waals surface area (Å²) in [5.41, 5.74) is 5.46. The maximum atomic E-state index is 11.7. The van der Waals surface area contributed by atoms with Gasteiger partial charge >= 0.3 is 17.9 Å². The van der Waals surface area contributed by atoms with Gasteiger partial charge < -0.3 is 83.5 Å². The minimum Gasteiger partial charge on any atom is -0.463 e. The average Bonchev–Trinajstić information content (AvgIpc) is 3.70. The van der Waals surface area contributed by atoms with Crippen LogP contribution in [0.15, 0.2) is 58.2 Å². The van der Waals surface area contributed by atoms with Gasteiger partial charge in [-0.25, -0.2) is 4.79 Å². The first-order valence-corrected chi connectivity index (χ1v) is 22.8. The highest BCUT2D eigenvalue weighted by Gasteiger charge is 2.54. The Bertz CT molecular complexity index is 1750. The molecule has 0 bridgehead atoms. The van der Waals surface area contributed by atoms with Gasteiger partial charge in [0.15, 0.2) is 18.9 Å². The van der Waals surface area contributed by atoms with Gasteiger partial charge in [0, 0.05) is 19.9 Å². The topological polar surface area (TPSA) is 296 Å². The summed E-state index contributed by atoms with van der Waals surface area (Å²) in [6.07, 6.45) is -9.68. The van der Waals surface area contributed by atoms with Crippen LogP contribution in [-0.2, 0) is 57.0 Å². The maximum absolute atomic E-state index is 11.7. The Balaban J connectivity index is 1.51. The zero-order chi connectivity index (χ0) is 49.4. The number of allylic oxidation sites excluding steroid dienone is 7. The molecule has 0 saturated carbocycles. The summed E-state index contributed by atoms with van der Waals surface area (Å²) in [5.74, 6) is -1.76. The second-order valence-electron chi connectivity index (χ2n) is 17.7. The molecule has 0 amide bonds. The third-order valence-electron chi connectivity index (χ3n) is 11.8. The van der Waals surface area contributed by atoms with E-state index in [9.17, 15) is 55.2 Å². The van der Waals surface area contributed by atoms with Crippen LogP contribution < -0.4 is 0 Å². The lowest BCUT2D eigenvalue weighted by Gasteiger charge is -2.48. The van der Waals surface area contributed by atoms with E-state index in [1.54, 1.807) is 6.08 Å². The lowest BCUT2D eigenvalue weighted by atomic mass is 9.96. The SMILES string of the molecule is CC(=O)OC[C@H]1O[C@@H](O[C@H]2[C@H](O[C@H]3[C@H](OCC(=CCCC(C)=CCCC(C)=CCCC4=CC(=O)OC4)CCC=C(C)C)O[C@H](CO)[C@@H](O)[C@@H]3O)O[C@H](COC(C)=O)[C@@H](O)[C@@H]2O)[C@H](O)[C@@H](O)[C@@H]1O. The van der Waals surface area contributed by atoms with Crippen molar-refractivity contribution in [2.45, 2.75) is 185 Å². The molecule has 0 aliphatic carbocycles. The van der Waals surface area contributed by atoms with Gasteiger partial charge in [-0.2, -0.15) is 0 Å². The number of hydrogen-bond acceptors (Lipinski definition) is 20. The molecule has 380 valence electrons. The van der Waals surface area contributed by atoms with Crippen molar-refractivity contribution in [2.24, 2.45) is 0 Å². The maximum Gasteiger partial charge on any atom is 0.331 e. The van der Waals surface area contributed by atoms with Crippen molar-refractivity contribution >= 4 is 17.9 Å². The minimum absolute atomic E-state index is 0.0417. The van der Waals surface area contributed by atoms with E-state index in [1.807, 2.05) is 13.8 Å². The van der Waals surface area contributed by atoms with Crippen LogP contribution in [0.4, 0.5) is 0 Å². The summed E-state index contributed by atoms with van der Waals surface area (Å²) >= 11 is 0. The molecule has 0 unspecified atom stereocenters. The van der Waals surface area contributed by atoms with E-state index in [-0.39, 0.29) is 12.6 Å². The Labute approximate surface area is 391 Å². The molecule has 4 rings (SSSR count). The fourth-order valence-electron chi connectivity index (χ4n) is 7.79. The van der Waals surface area contributed by atoms with E-state index in [4.69, 9.17) is 42.6 Å². The molecule has 3 fully saturated rings. The molecular weight excluding hydrogens is 884 g/mol. The molecule has 0 aromatic heterocycles. The summed E-state index contributed by atoms with van der Waals surface area (Å²) in [4.78, 5) is 34.5. The molecule has 4 aliphatic heterocycles. The minimum atomic E-state index is -1.97. The van der Waals surface area contributed by atoms with Crippen LogP contribution in [0.5, 0.6) is 0 Å². The van der Waals surface area contributed by atoms with Gasteiger partial charge in [-0.1, -0.05) is 41.0 Å². The van der Waals surface area contributed by atoms with Gasteiger partial charge in [0.25, 0.3) is 0 Å². The predicted octanol–water partition coefficient (Wildman–Crippen LogP) is 0.982. The Morgan fingerprint density at radius 2 is 1.12 bits per heavy atom. The molecule has 8 N–H and O–H groups in total. The lowest BCUT2D eigenvalue weighted by Crippen LogP contribution is -2.67. The molecule has 4 aliphatic rings. The highest BCUT2D eigenvalue weighted by molar-refractivity contribution is 5.85. The number of carbonyl (C=O) groups is 3. The van der Waals surface area contributed by atoms with E-state index < -0.39 is 124 Å². The van der Waals surface area contributed by atoms with Crippen LogP contribution in [0, 0.1) is 0 Å². The van der Waals surface area contributed by atoms with Crippen LogP contribution in [0.2, 0.25) is 0 Å². The fraction of sp³-hybridized carbons (Fsp3) is 0.723. The molecule has 0 aromatic rings. The molecule has 4 heterocycles. The van der Waals surface area contributed by atoms with Gasteiger partial charge in [-0.15, -0.1) is 0 Å². The number of aliphatic hydroxyl groups is 8. The van der Waals surface area contributed by atoms with E-state index in [0.717, 1.165) is 62.7 Å². The van der Waals surface area contributed by atoms with Gasteiger partial charge in [0.2, 0.25) is 0 Å². The Hall–Kier alpha value is -3.45. The molecule has 3 saturated heterocycles. The highest BCUT2D eigenvalue weighted by Crippen LogP contribution is 2.34. The standard InChI is InChI=1S/C47H72O20/c1-25(2)11-7-16-30(17-9-14-26(3)12-8-13-27(4)15-10-18-31-19-35(51)61-22-31)21-62-46-43(40(56)36(52)32(20-48)63-46)67-47-44(41(57)38(54)34(65-47)24-60-29(6)50)66-45-42(58)39(55)37(53)33(64-45)23-59-28(5)49/h11-12,15,17,19,32-34,36-48,52-58H,7-10,13-14,16,18,20-24H2,1-6H3/t32-,33-,34-,36-,37-,38-,39+,40+,41+,42-,43-,44-,45+,46-,47+/m1/s1. The van der Waals surface area contributed by atoms with Crippen LogP contribution in [-0.4, -0.2) is 184 Å². The predicted molar refractivity (Wildman–Crippen MR) is 235 cm³/mol. The van der Waals surface area contributed by atoms with Crippen LogP contribution in [0.3, 0.4) is 0 Å². The molecule has 20 heteroatoms. The number of ether oxygens (including phenoxy) is 9. The molecule has 15 atom stereocenters. The van der Waals surface area contributed by atoms with E-state index in [2.05, 4.69) is 38.2 Å². The smallest absolute Gasteiger partial charge is 0.331 e. The fourth-order valence-corrected chi connectivity index (χ4v) is 7.79. The number of rotatable bonds is 24. The van der Waals surface area contributed by atoms with Crippen LogP contribution in [0.1, 0.15) is 92.9 Å². The molecule has 0 spiro atoms. The molecule has 67 heavy (non-hydrogen) atoms. The van der Waals surface area contributed by atoms with Gasteiger partial charge in [-0.3, -0.25) is 9.59 Å². The largest absolute Gasteiger partial charge is 0.463 e. The Kier molecular flexibility index (Phi) is 23.2. The second kappa shape index (κ2) is 27.7. The van der Waals surface area contributed by atoms with Crippen LogP contribution >= 0.6 is 0 Å². The lowest BCUT2D eigenvalue weighted by molar-refractivity contribution is -0.393. The van der Waals surface area contributed by atoms with Crippen molar-refractivity contribution in [1.29, 1.82) is 0 Å². The summed E-state index contributed by atoms with van der Waals surface area (Å²) in [7, 11) is 0. The van der Waals surface area contributed by atoms with Gasteiger partial charge in [-0.05, 0) is 90.2 Å². The summed E-state index contributed by atoms with van der Waals surface area (Å²) in [6.45, 7) is 8.81. The molecular formula is C47H72O20. The highest BCUT2D eigenvalue weighted by atomic mass is 16.8. The molecule has 20 nitrogen and oxygen atoms in total. The zero-order valence-corrected chi connectivity index (χ0v) is 39.2. The van der Waals surface area contributed by atoms with Crippen molar-refractivity contribution in [2.75, 3.05) is 33.0 Å². The second-order valence-corrected chi connectivity index (χ2v) is 17.7. The number of cyclic esters (lactones) is 1. The number of carbonyl (C=O) groups excluding carboxylic acids is 3. The van der Waals surface area contributed by atoms with E-state index >= 15 is 0 Å². The Morgan fingerprint density at radius 3 is 1.69 bits per heavy atom. The molecule has 0 radical (unpaired) electrons. The van der Waals surface area contributed by atoms with Gasteiger partial charge in [0.05, 0.1) is 13.2 Å². The number of hydrogen-bond donors (Lipinski definition) is 8. The van der Waals surface area contributed by atoms with Crippen molar-refractivity contribution in [3.8, 4) is 0 Å². The quantitative estimate of drug-likeness (QED) is 0.0380. The third kappa shape index (κ3) is 17.5. The van der Waals surface area contributed by atoms with Crippen molar-refractivity contribution in [3.05, 3.63) is 58.2 Å². The summed E-state index contributed by atoms with van der Waals surface area (Å²) in [5, 5.41) is 87.2. The number of aliphatic hydroxyl groups excluding tert-OH is 8. The zero-order valence-electron chi connectivity index (χ0n) is 39.2. The first kappa shape index (κ1) is 56.1. The first-order valence-electron chi connectivity index (χ1n) is 22.8. The third-order valence-corrected chi connectivity index (χ3v) is 11.8. The first-order chi connectivity index (χ1) is 31.8. The van der Waals surface area contributed by atoms with Crippen molar-refractivity contribution in [3.63, 3.8) is 0 Å². The van der Waals surface area contributed by atoms with E-state index in [1.165, 1.54) is 11.1 Å². The molecule has 0 aromatic carbocycles. The van der Waals surface area contributed by atoms with E-state index in [0.29, 0.717) is 25.9 Å². The summed E-state index contributed by atoms with van der Waals surface area (Å²) in [6, 6.07) is 0. The summed E-state index contributed by atoms with van der Waals surface area (Å²) < 4.78 is 50.8. The van der Waals surface area contributed by atoms with Crippen LogP contribution in [0.25, 0.3) is 0 Å².